The molecule has 0 unspecified atom stereocenters. The molecule has 130 valence electrons. The number of nitrogens with zero attached hydrogens (tertiary/aromatic N) is 3. The number of aromatic amines is 1. The molecule has 0 atom stereocenters. The first-order chi connectivity index (χ1) is 11.9. The summed E-state index contributed by atoms with van der Waals surface area (Å²) in [6, 6.07) is 6.22. The zero-order valence-corrected chi connectivity index (χ0v) is 14.7. The number of hydrogen-bond donors (Lipinski definition) is 1. The molecule has 6 nitrogen and oxygen atoms in total. The third-order valence-electron chi connectivity index (χ3n) is 3.68. The number of H-pyrrole nitrogens is 1. The van der Waals surface area contributed by atoms with E-state index in [2.05, 4.69) is 16.5 Å². The number of rotatable bonds is 5. The molecule has 0 radical (unpaired) electrons. The molecule has 0 bridgehead atoms. The highest BCUT2D eigenvalue weighted by Gasteiger charge is 2.17. The van der Waals surface area contributed by atoms with Gasteiger partial charge in [-0.25, -0.2) is 14.2 Å². The second kappa shape index (κ2) is 6.72. The van der Waals surface area contributed by atoms with Gasteiger partial charge in [-0.15, -0.1) is 0 Å². The quantitative estimate of drug-likeness (QED) is 0.560. The first-order valence-corrected chi connectivity index (χ1v) is 8.56. The van der Waals surface area contributed by atoms with E-state index in [1.807, 2.05) is 6.92 Å². The topological polar surface area (TPSA) is 72.7 Å². The highest BCUT2D eigenvalue weighted by Crippen LogP contribution is 2.25. The maximum atomic E-state index is 13.0. The molecule has 8 heteroatoms. The maximum absolute atomic E-state index is 13.0. The monoisotopic (exact) mass is 360 g/mol. The molecule has 0 aliphatic carbocycles. The number of nitrogens with one attached hydrogen (secondary N) is 1. The molecule has 0 aliphatic rings. The van der Waals surface area contributed by atoms with Crippen molar-refractivity contribution in [2.45, 2.75) is 24.4 Å². The van der Waals surface area contributed by atoms with E-state index in [1.165, 1.54) is 28.5 Å². The van der Waals surface area contributed by atoms with Crippen molar-refractivity contribution >= 4 is 22.9 Å². The Kier molecular flexibility index (Phi) is 4.63. The van der Waals surface area contributed by atoms with Crippen LogP contribution in [-0.2, 0) is 19.3 Å². The first kappa shape index (κ1) is 17.2. The molecule has 0 amide bonds. The minimum atomic E-state index is -0.507. The van der Waals surface area contributed by atoms with E-state index in [-0.39, 0.29) is 5.82 Å². The van der Waals surface area contributed by atoms with Gasteiger partial charge in [0.05, 0.1) is 0 Å². The van der Waals surface area contributed by atoms with Crippen LogP contribution in [0.5, 0.6) is 0 Å². The van der Waals surface area contributed by atoms with Gasteiger partial charge in [0.1, 0.15) is 5.82 Å². The first-order valence-electron chi connectivity index (χ1n) is 7.58. The summed E-state index contributed by atoms with van der Waals surface area (Å²) >= 11 is 1.42. The zero-order chi connectivity index (χ0) is 18.1. The Balaban J connectivity index is 2.06. The van der Waals surface area contributed by atoms with Gasteiger partial charge in [-0.3, -0.25) is 14.3 Å². The Labute approximate surface area is 147 Å². The molecule has 0 spiro atoms. The van der Waals surface area contributed by atoms with E-state index in [9.17, 15) is 14.0 Å². The summed E-state index contributed by atoms with van der Waals surface area (Å²) in [5.41, 5.74) is 1.48. The van der Waals surface area contributed by atoms with Crippen LogP contribution in [0, 0.1) is 5.82 Å². The Morgan fingerprint density at radius 3 is 2.64 bits per heavy atom. The van der Waals surface area contributed by atoms with E-state index in [4.69, 9.17) is 0 Å². The van der Waals surface area contributed by atoms with E-state index in [0.717, 1.165) is 11.1 Å². The molecule has 3 aromatic rings. The molecule has 1 aromatic carbocycles. The van der Waals surface area contributed by atoms with E-state index in [0.29, 0.717) is 28.6 Å². The summed E-state index contributed by atoms with van der Waals surface area (Å²) in [6.07, 6.45) is 0. The largest absolute Gasteiger partial charge is 0.329 e. The average molecular weight is 360 g/mol. The van der Waals surface area contributed by atoms with Gasteiger partial charge in [0.2, 0.25) is 0 Å². The molecular weight excluding hydrogens is 343 g/mol. The summed E-state index contributed by atoms with van der Waals surface area (Å²) in [4.78, 5) is 30.8. The van der Waals surface area contributed by atoms with Crippen LogP contribution in [0.15, 0.2) is 51.2 Å². The normalized spacial score (nSPS) is 11.2. The van der Waals surface area contributed by atoms with Gasteiger partial charge in [0.25, 0.3) is 5.56 Å². The Bertz CT molecular complexity index is 1060. The van der Waals surface area contributed by atoms with Crippen molar-refractivity contribution in [2.24, 2.45) is 7.05 Å². The van der Waals surface area contributed by atoms with Gasteiger partial charge < -0.3 is 4.57 Å². The fourth-order valence-corrected chi connectivity index (χ4v) is 3.42. The molecule has 0 saturated carbocycles. The Hall–Kier alpha value is -2.61. The van der Waals surface area contributed by atoms with Crippen LogP contribution in [0.1, 0.15) is 12.5 Å². The van der Waals surface area contributed by atoms with E-state index >= 15 is 0 Å². The maximum Gasteiger partial charge on any atom is 0.329 e. The van der Waals surface area contributed by atoms with Gasteiger partial charge in [-0.05, 0) is 24.6 Å². The number of fused-ring (bicyclic) bond motifs is 1. The second-order valence-electron chi connectivity index (χ2n) is 5.84. The molecule has 2 aromatic heterocycles. The van der Waals surface area contributed by atoms with Crippen LogP contribution >= 0.6 is 11.8 Å². The van der Waals surface area contributed by atoms with Crippen LogP contribution in [0.3, 0.4) is 0 Å². The van der Waals surface area contributed by atoms with Gasteiger partial charge in [0.15, 0.2) is 16.3 Å². The lowest BCUT2D eigenvalue weighted by Gasteiger charge is -2.08. The predicted molar refractivity (Wildman–Crippen MR) is 96.4 cm³/mol. The average Bonchev–Trinajstić information content (AvgIpc) is 2.91. The smallest absolute Gasteiger partial charge is 0.309 e. The fourth-order valence-electron chi connectivity index (χ4n) is 2.47. The van der Waals surface area contributed by atoms with Gasteiger partial charge in [-0.1, -0.05) is 36.0 Å². The summed E-state index contributed by atoms with van der Waals surface area (Å²) < 4.78 is 16.1. The molecule has 2 heterocycles. The van der Waals surface area contributed by atoms with Crippen LogP contribution in [-0.4, -0.2) is 19.1 Å². The minimum absolute atomic E-state index is 0.287. The standard InChI is InChI=1S/C17H17FN4O2S/c1-10(2)8-22-13-14(21(3)16(24)20-15(13)23)19-17(22)25-9-11-4-6-12(18)7-5-11/h4-7H,1,8-9H2,2-3H3,(H,20,23,24). The van der Waals surface area contributed by atoms with Crippen LogP contribution in [0.2, 0.25) is 0 Å². The summed E-state index contributed by atoms with van der Waals surface area (Å²) in [6.45, 7) is 6.17. The van der Waals surface area contributed by atoms with Crippen LogP contribution < -0.4 is 11.2 Å². The van der Waals surface area contributed by atoms with Gasteiger partial charge in [0, 0.05) is 19.3 Å². The number of allylic oxidation sites excluding steroid dienone is 1. The lowest BCUT2D eigenvalue weighted by molar-refractivity contribution is 0.627. The molecule has 0 fully saturated rings. The zero-order valence-electron chi connectivity index (χ0n) is 13.9. The van der Waals surface area contributed by atoms with Crippen molar-refractivity contribution in [3.05, 3.63) is 68.6 Å². The molecular formula is C17H17FN4O2S. The van der Waals surface area contributed by atoms with Crippen molar-refractivity contribution in [3.8, 4) is 0 Å². The number of benzene rings is 1. The highest BCUT2D eigenvalue weighted by atomic mass is 32.2. The van der Waals surface area contributed by atoms with Crippen molar-refractivity contribution in [1.29, 1.82) is 0 Å². The summed E-state index contributed by atoms with van der Waals surface area (Å²) in [7, 11) is 1.56. The number of thioether (sulfide) groups is 1. The Morgan fingerprint density at radius 2 is 2.00 bits per heavy atom. The predicted octanol–water partition coefficient (Wildman–Crippen LogP) is 2.43. The molecule has 25 heavy (non-hydrogen) atoms. The summed E-state index contributed by atoms with van der Waals surface area (Å²) in [5, 5.41) is 0.606. The SMILES string of the molecule is C=C(C)Cn1c(SCc2ccc(F)cc2)nc2c1c(=O)[nH]c(=O)n2C. The minimum Gasteiger partial charge on any atom is -0.309 e. The molecule has 1 N–H and O–H groups in total. The van der Waals surface area contributed by atoms with Gasteiger partial charge >= 0.3 is 5.69 Å². The third kappa shape index (κ3) is 3.43. The lowest BCUT2D eigenvalue weighted by atomic mass is 10.2. The summed E-state index contributed by atoms with van der Waals surface area (Å²) in [5.74, 6) is 0.274. The van der Waals surface area contributed by atoms with E-state index in [1.54, 1.807) is 23.7 Å². The number of halogens is 1. The van der Waals surface area contributed by atoms with Crippen molar-refractivity contribution < 1.29 is 4.39 Å². The highest BCUT2D eigenvalue weighted by molar-refractivity contribution is 7.98. The third-order valence-corrected chi connectivity index (χ3v) is 4.73. The van der Waals surface area contributed by atoms with E-state index < -0.39 is 11.2 Å². The Morgan fingerprint density at radius 1 is 1.32 bits per heavy atom. The second-order valence-corrected chi connectivity index (χ2v) is 6.79. The number of imidazole rings is 1. The van der Waals surface area contributed by atoms with Crippen molar-refractivity contribution in [3.63, 3.8) is 0 Å². The number of aromatic nitrogens is 4. The van der Waals surface area contributed by atoms with Crippen molar-refractivity contribution in [1.82, 2.24) is 19.1 Å². The van der Waals surface area contributed by atoms with Crippen LogP contribution in [0.4, 0.5) is 4.39 Å². The molecule has 0 saturated heterocycles. The number of aryl methyl sites for hydroxylation is 1. The van der Waals surface area contributed by atoms with Gasteiger partial charge in [-0.2, -0.15) is 0 Å². The number of hydrogen-bond acceptors (Lipinski definition) is 4. The molecule has 0 aliphatic heterocycles. The molecule has 3 rings (SSSR count). The van der Waals surface area contributed by atoms with Crippen LogP contribution in [0.25, 0.3) is 11.2 Å². The lowest BCUT2D eigenvalue weighted by Crippen LogP contribution is -2.29. The van der Waals surface area contributed by atoms with Crippen molar-refractivity contribution in [2.75, 3.05) is 0 Å². The fraction of sp³-hybridized carbons (Fsp3) is 0.235.